The fourth-order valence-electron chi connectivity index (χ4n) is 2.91. The van der Waals surface area contributed by atoms with Crippen molar-refractivity contribution < 1.29 is 9.53 Å². The summed E-state index contributed by atoms with van der Waals surface area (Å²) in [7, 11) is 0. The Hall–Kier alpha value is -0.970. The van der Waals surface area contributed by atoms with Gasteiger partial charge in [0.1, 0.15) is 5.75 Å². The summed E-state index contributed by atoms with van der Waals surface area (Å²) in [5.41, 5.74) is 0. The lowest BCUT2D eigenvalue weighted by atomic mass is 10.0. The number of nitrogens with one attached hydrogen (secondary N) is 1. The minimum Gasteiger partial charge on any atom is -0.479 e. The quantitative estimate of drug-likeness (QED) is 0.820. The maximum absolute atomic E-state index is 12.3. The van der Waals surface area contributed by atoms with Gasteiger partial charge < -0.3 is 15.0 Å². The topological polar surface area (TPSA) is 41.6 Å². The van der Waals surface area contributed by atoms with Gasteiger partial charge in [0.05, 0.1) is 5.02 Å². The highest BCUT2D eigenvalue weighted by atomic mass is 35.5. The monoisotopic (exact) mass is 372 g/mol. The Bertz CT molecular complexity index is 558. The van der Waals surface area contributed by atoms with Crippen molar-refractivity contribution in [2.24, 2.45) is 5.92 Å². The van der Waals surface area contributed by atoms with E-state index in [-0.39, 0.29) is 11.9 Å². The van der Waals surface area contributed by atoms with Gasteiger partial charge in [-0.25, -0.2) is 0 Å². The highest BCUT2D eigenvalue weighted by molar-refractivity contribution is 6.35. The van der Waals surface area contributed by atoms with Crippen LogP contribution >= 0.6 is 23.2 Å². The number of halogens is 2. The van der Waals surface area contributed by atoms with Crippen LogP contribution in [0.4, 0.5) is 0 Å². The van der Waals surface area contributed by atoms with Crippen LogP contribution < -0.4 is 10.1 Å². The van der Waals surface area contributed by atoms with Gasteiger partial charge in [-0.2, -0.15) is 0 Å². The van der Waals surface area contributed by atoms with Crippen LogP contribution in [0.5, 0.6) is 5.75 Å². The van der Waals surface area contributed by atoms with Crippen LogP contribution in [0.1, 0.15) is 33.6 Å². The van der Waals surface area contributed by atoms with Crippen molar-refractivity contribution in [2.45, 2.75) is 45.8 Å². The van der Waals surface area contributed by atoms with Crippen LogP contribution in [0.3, 0.4) is 0 Å². The molecule has 0 bridgehead atoms. The van der Waals surface area contributed by atoms with E-state index in [9.17, 15) is 4.79 Å². The molecule has 2 rings (SSSR count). The summed E-state index contributed by atoms with van der Waals surface area (Å²) >= 11 is 11.9. The number of amides is 1. The Balaban J connectivity index is 1.80. The zero-order chi connectivity index (χ0) is 17.7. The molecule has 1 aromatic carbocycles. The lowest BCUT2D eigenvalue weighted by Gasteiger charge is -2.33. The van der Waals surface area contributed by atoms with Crippen molar-refractivity contribution in [3.05, 3.63) is 28.2 Å². The van der Waals surface area contributed by atoms with E-state index in [1.807, 2.05) is 0 Å². The largest absolute Gasteiger partial charge is 0.479 e. The predicted octanol–water partition coefficient (Wildman–Crippen LogP) is 4.00. The first-order valence-electron chi connectivity index (χ1n) is 8.49. The van der Waals surface area contributed by atoms with Crippen LogP contribution in [-0.4, -0.2) is 42.6 Å². The van der Waals surface area contributed by atoms with Gasteiger partial charge >= 0.3 is 0 Å². The summed E-state index contributed by atoms with van der Waals surface area (Å²) in [5.74, 6) is 1.03. The third-order valence-corrected chi connectivity index (χ3v) is 4.65. The standard InChI is InChI=1S/C18H26Cl2N2O2/c1-12(2)11-22-8-6-15(7-9-22)21-18(23)13(3)24-17-5-4-14(19)10-16(17)20/h4-5,10,12-13,15H,6-9,11H2,1-3H3,(H,21,23)/t13-/m0/s1. The lowest BCUT2D eigenvalue weighted by molar-refractivity contribution is -0.128. The van der Waals surface area contributed by atoms with Crippen molar-refractivity contribution in [1.82, 2.24) is 10.2 Å². The van der Waals surface area contributed by atoms with E-state index in [0.29, 0.717) is 21.7 Å². The first kappa shape index (κ1) is 19.4. The molecule has 0 aliphatic carbocycles. The SMILES string of the molecule is CC(C)CN1CCC(NC(=O)[C@H](C)Oc2ccc(Cl)cc2Cl)CC1. The summed E-state index contributed by atoms with van der Waals surface area (Å²) in [6.07, 6.45) is 1.36. The number of benzene rings is 1. The van der Waals surface area contributed by atoms with Crippen LogP contribution in [0.15, 0.2) is 18.2 Å². The molecule has 24 heavy (non-hydrogen) atoms. The Kier molecular flexibility index (Phi) is 7.20. The molecule has 1 atom stereocenters. The van der Waals surface area contributed by atoms with Gasteiger partial charge in [-0.3, -0.25) is 4.79 Å². The van der Waals surface area contributed by atoms with E-state index in [2.05, 4.69) is 24.1 Å². The fourth-order valence-corrected chi connectivity index (χ4v) is 3.36. The van der Waals surface area contributed by atoms with Gasteiger partial charge in [0.25, 0.3) is 5.91 Å². The molecule has 1 aromatic rings. The molecule has 134 valence electrons. The van der Waals surface area contributed by atoms with E-state index in [0.717, 1.165) is 32.5 Å². The summed E-state index contributed by atoms with van der Waals surface area (Å²) < 4.78 is 5.66. The minimum atomic E-state index is -0.600. The number of hydrogen-bond acceptors (Lipinski definition) is 3. The van der Waals surface area contributed by atoms with Gasteiger partial charge in [0, 0.05) is 30.7 Å². The van der Waals surface area contributed by atoms with Crippen LogP contribution in [0, 0.1) is 5.92 Å². The number of likely N-dealkylation sites (tertiary alicyclic amines) is 1. The second kappa shape index (κ2) is 8.93. The van der Waals surface area contributed by atoms with E-state index in [1.165, 1.54) is 0 Å². The third-order valence-electron chi connectivity index (χ3n) is 4.12. The summed E-state index contributed by atoms with van der Waals surface area (Å²) in [6.45, 7) is 9.37. The zero-order valence-electron chi connectivity index (χ0n) is 14.5. The van der Waals surface area contributed by atoms with Crippen molar-refractivity contribution in [1.29, 1.82) is 0 Å². The molecule has 1 aliphatic rings. The molecule has 1 aliphatic heterocycles. The molecule has 4 nitrogen and oxygen atoms in total. The highest BCUT2D eigenvalue weighted by Gasteiger charge is 2.24. The van der Waals surface area contributed by atoms with Crippen molar-refractivity contribution >= 4 is 29.1 Å². The van der Waals surface area contributed by atoms with Gasteiger partial charge in [0.15, 0.2) is 6.10 Å². The van der Waals surface area contributed by atoms with Crippen LogP contribution in [-0.2, 0) is 4.79 Å². The van der Waals surface area contributed by atoms with Gasteiger partial charge in [-0.05, 0) is 43.9 Å². The first-order valence-corrected chi connectivity index (χ1v) is 9.25. The Morgan fingerprint density at radius 3 is 2.54 bits per heavy atom. The second-order valence-corrected chi connectivity index (χ2v) is 7.66. The average molecular weight is 373 g/mol. The molecule has 1 N–H and O–H groups in total. The number of ether oxygens (including phenoxy) is 1. The lowest BCUT2D eigenvalue weighted by Crippen LogP contribution is -2.48. The minimum absolute atomic E-state index is 0.108. The number of rotatable bonds is 6. The van der Waals surface area contributed by atoms with E-state index in [1.54, 1.807) is 25.1 Å². The summed E-state index contributed by atoms with van der Waals surface area (Å²) in [6, 6.07) is 5.19. The van der Waals surface area contributed by atoms with Gasteiger partial charge in [-0.15, -0.1) is 0 Å². The smallest absolute Gasteiger partial charge is 0.260 e. The Morgan fingerprint density at radius 2 is 1.96 bits per heavy atom. The zero-order valence-corrected chi connectivity index (χ0v) is 16.0. The Labute approximate surface area is 154 Å². The van der Waals surface area contributed by atoms with E-state index in [4.69, 9.17) is 27.9 Å². The van der Waals surface area contributed by atoms with Crippen molar-refractivity contribution in [3.63, 3.8) is 0 Å². The number of carbonyl (C=O) groups is 1. The molecule has 1 heterocycles. The fraction of sp³-hybridized carbons (Fsp3) is 0.611. The third kappa shape index (κ3) is 5.83. The summed E-state index contributed by atoms with van der Waals surface area (Å²) in [4.78, 5) is 14.8. The van der Waals surface area contributed by atoms with Crippen molar-refractivity contribution in [3.8, 4) is 5.75 Å². The normalized spacial score (nSPS) is 17.8. The summed E-state index contributed by atoms with van der Waals surface area (Å²) in [5, 5.41) is 4.03. The molecule has 0 spiro atoms. The number of nitrogens with zero attached hydrogens (tertiary/aromatic N) is 1. The molecule has 1 saturated heterocycles. The number of piperidine rings is 1. The molecular weight excluding hydrogens is 347 g/mol. The molecule has 6 heteroatoms. The molecular formula is C18H26Cl2N2O2. The van der Waals surface area contributed by atoms with Crippen LogP contribution in [0.25, 0.3) is 0 Å². The molecule has 0 unspecified atom stereocenters. The van der Waals surface area contributed by atoms with Crippen molar-refractivity contribution in [2.75, 3.05) is 19.6 Å². The predicted molar refractivity (Wildman–Crippen MR) is 99.0 cm³/mol. The molecule has 1 fully saturated rings. The number of carbonyl (C=O) groups excluding carboxylic acids is 1. The highest BCUT2D eigenvalue weighted by Crippen LogP contribution is 2.28. The van der Waals surface area contributed by atoms with Gasteiger partial charge in [0.2, 0.25) is 0 Å². The van der Waals surface area contributed by atoms with Crippen LogP contribution in [0.2, 0.25) is 10.0 Å². The second-order valence-electron chi connectivity index (χ2n) is 6.81. The average Bonchev–Trinajstić information content (AvgIpc) is 2.51. The van der Waals surface area contributed by atoms with E-state index >= 15 is 0 Å². The first-order chi connectivity index (χ1) is 11.3. The van der Waals surface area contributed by atoms with E-state index < -0.39 is 6.10 Å². The maximum Gasteiger partial charge on any atom is 0.260 e. The molecule has 0 radical (unpaired) electrons. The van der Waals surface area contributed by atoms with Gasteiger partial charge in [-0.1, -0.05) is 37.0 Å². The Morgan fingerprint density at radius 1 is 1.29 bits per heavy atom. The molecule has 1 amide bonds. The number of hydrogen-bond donors (Lipinski definition) is 1. The maximum atomic E-state index is 12.3. The molecule has 0 aromatic heterocycles. The molecule has 0 saturated carbocycles.